The second kappa shape index (κ2) is 7.42. The third-order valence-electron chi connectivity index (χ3n) is 1.57. The van der Waals surface area contributed by atoms with E-state index in [1.54, 1.807) is 0 Å². The van der Waals surface area contributed by atoms with Gasteiger partial charge in [-0.2, -0.15) is 0 Å². The van der Waals surface area contributed by atoms with Crippen LogP contribution < -0.4 is 5.73 Å². The van der Waals surface area contributed by atoms with E-state index in [0.29, 0.717) is 6.54 Å². The minimum atomic E-state index is -1.82. The maximum Gasteiger partial charge on any atom is 0.414 e. The Hall–Kier alpha value is -1.86. The van der Waals surface area contributed by atoms with Gasteiger partial charge >= 0.3 is 11.9 Å². The van der Waals surface area contributed by atoms with Gasteiger partial charge < -0.3 is 25.3 Å². The molecule has 0 radical (unpaired) electrons. The molecule has 0 unspecified atom stereocenters. The highest BCUT2D eigenvalue weighted by atomic mass is 16.4. The Bertz CT molecular complexity index is 361. The Kier molecular flexibility index (Phi) is 6.61. The van der Waals surface area contributed by atoms with E-state index < -0.39 is 11.9 Å². The number of carboxylic acid groups (broad SMARTS) is 2. The molecule has 1 rings (SSSR count). The van der Waals surface area contributed by atoms with Crippen LogP contribution in [0.5, 0.6) is 0 Å². The Labute approximate surface area is 98.4 Å². The van der Waals surface area contributed by atoms with Gasteiger partial charge in [0.15, 0.2) is 0 Å². The molecule has 96 valence electrons. The fourth-order valence-corrected chi connectivity index (χ4v) is 0.929. The van der Waals surface area contributed by atoms with Crippen molar-refractivity contribution in [2.75, 3.05) is 14.1 Å². The summed E-state index contributed by atoms with van der Waals surface area (Å²) >= 11 is 0. The van der Waals surface area contributed by atoms with Crippen LogP contribution in [0.3, 0.4) is 0 Å². The number of nitrogens with zero attached hydrogens (tertiary/aromatic N) is 1. The third kappa shape index (κ3) is 7.09. The first-order chi connectivity index (χ1) is 7.86. The summed E-state index contributed by atoms with van der Waals surface area (Å²) in [4.78, 5) is 20.3. The summed E-state index contributed by atoms with van der Waals surface area (Å²) < 4.78 is 5.38. The highest BCUT2D eigenvalue weighted by Gasteiger charge is 2.04. The molecule has 7 nitrogen and oxygen atoms in total. The lowest BCUT2D eigenvalue weighted by molar-refractivity contribution is -0.159. The van der Waals surface area contributed by atoms with Gasteiger partial charge in [-0.3, -0.25) is 0 Å². The average molecular weight is 244 g/mol. The number of carbonyl (C=O) groups is 2. The highest BCUT2D eigenvalue weighted by Crippen LogP contribution is 2.07. The molecular formula is C10H16N2O5. The summed E-state index contributed by atoms with van der Waals surface area (Å²) in [7, 11) is 4.01. The van der Waals surface area contributed by atoms with Crippen LogP contribution in [-0.2, 0) is 22.7 Å². The summed E-state index contributed by atoms with van der Waals surface area (Å²) in [5.41, 5.74) is 5.39. The van der Waals surface area contributed by atoms with Gasteiger partial charge in [0.05, 0.1) is 13.1 Å². The molecular weight excluding hydrogens is 228 g/mol. The van der Waals surface area contributed by atoms with Crippen LogP contribution in [-0.4, -0.2) is 41.1 Å². The fraction of sp³-hybridized carbons (Fsp3) is 0.400. The van der Waals surface area contributed by atoms with Crippen molar-refractivity contribution < 1.29 is 24.2 Å². The zero-order valence-electron chi connectivity index (χ0n) is 9.71. The number of nitrogens with two attached hydrogens (primary N) is 1. The van der Waals surface area contributed by atoms with Gasteiger partial charge in [-0.1, -0.05) is 0 Å². The second-order valence-corrected chi connectivity index (χ2v) is 3.42. The van der Waals surface area contributed by atoms with Gasteiger partial charge in [-0.15, -0.1) is 0 Å². The lowest BCUT2D eigenvalue weighted by Gasteiger charge is -2.05. The van der Waals surface area contributed by atoms with E-state index in [9.17, 15) is 0 Å². The highest BCUT2D eigenvalue weighted by molar-refractivity contribution is 6.27. The third-order valence-corrected chi connectivity index (χ3v) is 1.57. The number of rotatable bonds is 3. The van der Waals surface area contributed by atoms with E-state index in [-0.39, 0.29) is 0 Å². The SMILES string of the molecule is CN(C)Cc1ccc(CN)o1.O=C(O)C(=O)O. The topological polar surface area (TPSA) is 117 Å². The summed E-state index contributed by atoms with van der Waals surface area (Å²) in [6.45, 7) is 1.31. The van der Waals surface area contributed by atoms with Crippen LogP contribution in [0.1, 0.15) is 11.5 Å². The minimum absolute atomic E-state index is 0.480. The predicted molar refractivity (Wildman–Crippen MR) is 59.3 cm³/mol. The van der Waals surface area contributed by atoms with Crippen molar-refractivity contribution in [3.05, 3.63) is 23.7 Å². The first kappa shape index (κ1) is 15.1. The van der Waals surface area contributed by atoms with E-state index in [1.165, 1.54) is 0 Å². The zero-order chi connectivity index (χ0) is 13.4. The smallest absolute Gasteiger partial charge is 0.414 e. The molecule has 7 heteroatoms. The normalized spacial score (nSPS) is 9.65. The molecule has 0 aliphatic rings. The van der Waals surface area contributed by atoms with Gasteiger partial charge in [-0.05, 0) is 26.2 Å². The zero-order valence-corrected chi connectivity index (χ0v) is 9.71. The Balaban J connectivity index is 0.000000366. The van der Waals surface area contributed by atoms with Crippen LogP contribution in [0, 0.1) is 0 Å². The lowest BCUT2D eigenvalue weighted by Crippen LogP contribution is -2.09. The Morgan fingerprint density at radius 2 is 1.71 bits per heavy atom. The summed E-state index contributed by atoms with van der Waals surface area (Å²) in [5, 5.41) is 14.8. The molecule has 0 fully saturated rings. The first-order valence-electron chi connectivity index (χ1n) is 4.75. The van der Waals surface area contributed by atoms with E-state index in [0.717, 1.165) is 18.1 Å². The molecule has 4 N–H and O–H groups in total. The van der Waals surface area contributed by atoms with Crippen molar-refractivity contribution in [1.29, 1.82) is 0 Å². The van der Waals surface area contributed by atoms with Crippen LogP contribution in [0.4, 0.5) is 0 Å². The first-order valence-corrected chi connectivity index (χ1v) is 4.75. The number of furan rings is 1. The monoisotopic (exact) mass is 244 g/mol. The van der Waals surface area contributed by atoms with Crippen molar-refractivity contribution in [2.45, 2.75) is 13.1 Å². The molecule has 0 amide bonds. The van der Waals surface area contributed by atoms with Gasteiger partial charge in [0, 0.05) is 0 Å². The maximum atomic E-state index is 9.10. The van der Waals surface area contributed by atoms with Crippen LogP contribution in [0.25, 0.3) is 0 Å². The number of carboxylic acids is 2. The summed E-state index contributed by atoms with van der Waals surface area (Å²) in [6.07, 6.45) is 0. The van der Waals surface area contributed by atoms with Crippen LogP contribution in [0.2, 0.25) is 0 Å². The van der Waals surface area contributed by atoms with Gasteiger partial charge in [-0.25, -0.2) is 9.59 Å². The van der Waals surface area contributed by atoms with E-state index in [1.807, 2.05) is 26.2 Å². The fourth-order valence-electron chi connectivity index (χ4n) is 0.929. The molecule has 0 atom stereocenters. The Morgan fingerprint density at radius 3 is 2.00 bits per heavy atom. The summed E-state index contributed by atoms with van der Waals surface area (Å²) in [6, 6.07) is 3.88. The van der Waals surface area contributed by atoms with Crippen LogP contribution >= 0.6 is 0 Å². The summed E-state index contributed by atoms with van der Waals surface area (Å²) in [5.74, 6) is -1.83. The van der Waals surface area contributed by atoms with Crippen molar-refractivity contribution in [3.8, 4) is 0 Å². The van der Waals surface area contributed by atoms with Gasteiger partial charge in [0.25, 0.3) is 0 Å². The van der Waals surface area contributed by atoms with Crippen molar-refractivity contribution in [2.24, 2.45) is 5.73 Å². The maximum absolute atomic E-state index is 9.10. The molecule has 0 bridgehead atoms. The molecule has 17 heavy (non-hydrogen) atoms. The number of aliphatic carboxylic acids is 2. The quantitative estimate of drug-likeness (QED) is 0.638. The van der Waals surface area contributed by atoms with Crippen molar-refractivity contribution >= 4 is 11.9 Å². The second-order valence-electron chi connectivity index (χ2n) is 3.42. The molecule has 0 saturated carbocycles. The van der Waals surface area contributed by atoms with Crippen LogP contribution in [0.15, 0.2) is 16.5 Å². The molecule has 0 spiro atoms. The standard InChI is InChI=1S/C8H14N2O.C2H2O4/c1-10(2)6-8-4-3-7(5-9)11-8;3-1(4)2(5)6/h3-4H,5-6,9H2,1-2H3;(H,3,4)(H,5,6). The largest absolute Gasteiger partial charge is 0.473 e. The molecule has 1 aromatic rings. The van der Waals surface area contributed by atoms with E-state index in [4.69, 9.17) is 30.0 Å². The number of hydrogen-bond acceptors (Lipinski definition) is 5. The lowest BCUT2D eigenvalue weighted by atomic mass is 10.4. The predicted octanol–water partition coefficient (Wildman–Crippen LogP) is -0.0445. The molecule has 0 aliphatic carbocycles. The van der Waals surface area contributed by atoms with Gasteiger partial charge in [0.1, 0.15) is 11.5 Å². The minimum Gasteiger partial charge on any atom is -0.473 e. The molecule has 0 aromatic carbocycles. The van der Waals surface area contributed by atoms with Crippen molar-refractivity contribution in [3.63, 3.8) is 0 Å². The molecule has 0 aliphatic heterocycles. The number of hydrogen-bond donors (Lipinski definition) is 3. The molecule has 1 heterocycles. The van der Waals surface area contributed by atoms with Gasteiger partial charge in [0.2, 0.25) is 0 Å². The average Bonchev–Trinajstić information content (AvgIpc) is 2.65. The molecule has 1 aromatic heterocycles. The Morgan fingerprint density at radius 1 is 1.24 bits per heavy atom. The van der Waals surface area contributed by atoms with Crippen molar-refractivity contribution in [1.82, 2.24) is 4.90 Å². The van der Waals surface area contributed by atoms with E-state index >= 15 is 0 Å². The molecule has 0 saturated heterocycles. The van der Waals surface area contributed by atoms with E-state index in [2.05, 4.69) is 4.90 Å².